The highest BCUT2D eigenvalue weighted by Crippen LogP contribution is 2.24. The molecule has 5 heteroatoms. The van der Waals surface area contributed by atoms with Crippen molar-refractivity contribution >= 4 is 28.8 Å². The number of hydrogen-bond donors (Lipinski definition) is 1. The minimum atomic E-state index is -0.209. The molecule has 0 aliphatic rings. The highest BCUT2D eigenvalue weighted by atomic mass is 32.1. The summed E-state index contributed by atoms with van der Waals surface area (Å²) in [6.07, 6.45) is 6.79. The molecule has 0 saturated carbocycles. The van der Waals surface area contributed by atoms with E-state index in [1.807, 2.05) is 29.7 Å². The Morgan fingerprint density at radius 3 is 3.05 bits per heavy atom. The lowest BCUT2D eigenvalue weighted by atomic mass is 10.2. The Hall–Kier alpha value is -2.40. The molecule has 100 valence electrons. The summed E-state index contributed by atoms with van der Waals surface area (Å²) in [6.45, 7) is 2.01. The fourth-order valence-corrected chi connectivity index (χ4v) is 2.66. The summed E-state index contributed by atoms with van der Waals surface area (Å²) in [6, 6.07) is 5.48. The Morgan fingerprint density at radius 2 is 2.30 bits per heavy atom. The molecule has 0 aliphatic heterocycles. The van der Waals surface area contributed by atoms with E-state index in [1.165, 1.54) is 23.5 Å². The van der Waals surface area contributed by atoms with Gasteiger partial charge in [0.2, 0.25) is 0 Å². The van der Waals surface area contributed by atoms with Gasteiger partial charge in [-0.1, -0.05) is 0 Å². The molecule has 0 bridgehead atoms. The van der Waals surface area contributed by atoms with Crippen molar-refractivity contribution in [3.63, 3.8) is 0 Å². The molecular weight excluding hydrogens is 272 g/mol. The number of nitrogens with zero attached hydrogens (tertiary/aromatic N) is 2. The van der Waals surface area contributed by atoms with Gasteiger partial charge in [-0.15, -0.1) is 11.3 Å². The molecule has 0 fully saturated rings. The van der Waals surface area contributed by atoms with Gasteiger partial charge < -0.3 is 9.51 Å². The number of aromatic nitrogens is 2. The van der Waals surface area contributed by atoms with Gasteiger partial charge in [0.05, 0.1) is 11.9 Å². The van der Waals surface area contributed by atoms with Crippen molar-refractivity contribution in [3.8, 4) is 5.75 Å². The summed E-state index contributed by atoms with van der Waals surface area (Å²) in [5.74, 6) is -0.182. The number of imidazole rings is 1. The van der Waals surface area contributed by atoms with Crippen LogP contribution < -0.4 is 0 Å². The minimum absolute atomic E-state index is 0.0263. The van der Waals surface area contributed by atoms with Crippen LogP contribution in [0.5, 0.6) is 5.75 Å². The number of carbonyl (C=O) groups is 1. The van der Waals surface area contributed by atoms with Crippen LogP contribution >= 0.6 is 11.3 Å². The molecule has 20 heavy (non-hydrogen) atoms. The lowest BCUT2D eigenvalue weighted by molar-refractivity contribution is 0.104. The Balaban J connectivity index is 1.91. The third-order valence-corrected chi connectivity index (χ3v) is 3.89. The highest BCUT2D eigenvalue weighted by molar-refractivity contribution is 7.12. The second-order valence-electron chi connectivity index (χ2n) is 4.45. The third-order valence-electron chi connectivity index (χ3n) is 2.97. The Labute approximate surface area is 119 Å². The van der Waals surface area contributed by atoms with E-state index in [2.05, 4.69) is 4.98 Å². The summed E-state index contributed by atoms with van der Waals surface area (Å²) in [4.78, 5) is 16.6. The molecule has 0 radical (unpaired) electrons. The quantitative estimate of drug-likeness (QED) is 0.593. The van der Waals surface area contributed by atoms with Crippen molar-refractivity contribution in [3.05, 3.63) is 58.2 Å². The van der Waals surface area contributed by atoms with Crippen LogP contribution in [-0.4, -0.2) is 20.3 Å². The van der Waals surface area contributed by atoms with Crippen molar-refractivity contribution in [1.29, 1.82) is 0 Å². The van der Waals surface area contributed by atoms with Crippen LogP contribution in [0.25, 0.3) is 11.7 Å². The SMILES string of the molecule is Cc1ccn2c(C=CC(=O)c3sccc3O)cnc2c1. The first-order chi connectivity index (χ1) is 9.65. The largest absolute Gasteiger partial charge is 0.506 e. The van der Waals surface area contributed by atoms with Gasteiger partial charge >= 0.3 is 0 Å². The molecule has 0 atom stereocenters. The van der Waals surface area contributed by atoms with Gasteiger partial charge in [0.25, 0.3) is 0 Å². The number of aryl methyl sites for hydroxylation is 1. The molecule has 3 heterocycles. The van der Waals surface area contributed by atoms with Gasteiger partial charge in [-0.2, -0.15) is 0 Å². The predicted molar refractivity (Wildman–Crippen MR) is 79.3 cm³/mol. The second-order valence-corrected chi connectivity index (χ2v) is 5.36. The first-order valence-corrected chi connectivity index (χ1v) is 6.96. The van der Waals surface area contributed by atoms with E-state index >= 15 is 0 Å². The van der Waals surface area contributed by atoms with Crippen molar-refractivity contribution < 1.29 is 9.90 Å². The van der Waals surface area contributed by atoms with E-state index in [9.17, 15) is 9.90 Å². The van der Waals surface area contributed by atoms with E-state index in [0.717, 1.165) is 16.9 Å². The molecular formula is C15H12N2O2S. The molecule has 1 N–H and O–H groups in total. The number of pyridine rings is 1. The van der Waals surface area contributed by atoms with E-state index in [4.69, 9.17) is 0 Å². The molecule has 0 aliphatic carbocycles. The van der Waals surface area contributed by atoms with Crippen LogP contribution in [0, 0.1) is 6.92 Å². The maximum Gasteiger partial charge on any atom is 0.199 e. The highest BCUT2D eigenvalue weighted by Gasteiger charge is 2.09. The molecule has 0 unspecified atom stereocenters. The van der Waals surface area contributed by atoms with Crippen LogP contribution in [0.4, 0.5) is 0 Å². The van der Waals surface area contributed by atoms with Gasteiger partial charge in [-0.05, 0) is 48.2 Å². The monoisotopic (exact) mass is 284 g/mol. The molecule has 3 aromatic rings. The van der Waals surface area contributed by atoms with Crippen LogP contribution in [0.1, 0.15) is 20.9 Å². The Morgan fingerprint density at radius 1 is 1.45 bits per heavy atom. The molecule has 0 saturated heterocycles. The number of allylic oxidation sites excluding steroid dienone is 1. The average molecular weight is 284 g/mol. The zero-order valence-electron chi connectivity index (χ0n) is 10.8. The van der Waals surface area contributed by atoms with Crippen molar-refractivity contribution in [2.75, 3.05) is 0 Å². The summed E-state index contributed by atoms with van der Waals surface area (Å²) < 4.78 is 1.91. The topological polar surface area (TPSA) is 54.6 Å². The van der Waals surface area contributed by atoms with Crippen molar-refractivity contribution in [1.82, 2.24) is 9.38 Å². The molecule has 0 aromatic carbocycles. The Kier molecular flexibility index (Phi) is 3.12. The number of hydrogen-bond acceptors (Lipinski definition) is 4. The van der Waals surface area contributed by atoms with E-state index in [0.29, 0.717) is 4.88 Å². The van der Waals surface area contributed by atoms with Gasteiger partial charge in [0, 0.05) is 6.20 Å². The fraction of sp³-hybridized carbons (Fsp3) is 0.0667. The van der Waals surface area contributed by atoms with Crippen LogP contribution in [-0.2, 0) is 0 Å². The third kappa shape index (κ3) is 2.23. The van der Waals surface area contributed by atoms with Gasteiger partial charge in [-0.3, -0.25) is 4.79 Å². The number of aromatic hydroxyl groups is 1. The lowest BCUT2D eigenvalue weighted by Gasteiger charge is -1.97. The number of thiophene rings is 1. The van der Waals surface area contributed by atoms with Crippen LogP contribution in [0.2, 0.25) is 0 Å². The molecule has 3 aromatic heterocycles. The number of rotatable bonds is 3. The molecule has 3 rings (SSSR count). The first kappa shape index (κ1) is 12.6. The van der Waals surface area contributed by atoms with Gasteiger partial charge in [0.15, 0.2) is 5.78 Å². The van der Waals surface area contributed by atoms with Crippen molar-refractivity contribution in [2.24, 2.45) is 0 Å². The van der Waals surface area contributed by atoms with E-state index in [1.54, 1.807) is 17.7 Å². The van der Waals surface area contributed by atoms with E-state index in [-0.39, 0.29) is 11.5 Å². The number of ketones is 1. The summed E-state index contributed by atoms with van der Waals surface area (Å²) in [5.41, 5.74) is 2.80. The zero-order valence-corrected chi connectivity index (χ0v) is 11.6. The number of carbonyl (C=O) groups excluding carboxylic acids is 1. The molecule has 0 spiro atoms. The van der Waals surface area contributed by atoms with Crippen LogP contribution in [0.3, 0.4) is 0 Å². The second kappa shape index (κ2) is 4.94. The van der Waals surface area contributed by atoms with Gasteiger partial charge in [-0.25, -0.2) is 4.98 Å². The zero-order chi connectivity index (χ0) is 14.1. The number of fused-ring (bicyclic) bond motifs is 1. The maximum absolute atomic E-state index is 11.9. The smallest absolute Gasteiger partial charge is 0.199 e. The first-order valence-electron chi connectivity index (χ1n) is 6.08. The molecule has 0 amide bonds. The predicted octanol–water partition coefficient (Wildman–Crippen LogP) is 3.31. The maximum atomic E-state index is 11.9. The average Bonchev–Trinajstić information content (AvgIpc) is 3.02. The van der Waals surface area contributed by atoms with E-state index < -0.39 is 0 Å². The van der Waals surface area contributed by atoms with Gasteiger partial charge in [0.1, 0.15) is 16.3 Å². The van der Waals surface area contributed by atoms with Crippen LogP contribution in [0.15, 0.2) is 42.0 Å². The summed E-state index contributed by atoms with van der Waals surface area (Å²) in [5, 5.41) is 11.2. The van der Waals surface area contributed by atoms with Crippen molar-refractivity contribution in [2.45, 2.75) is 6.92 Å². The molecule has 4 nitrogen and oxygen atoms in total. The normalized spacial score (nSPS) is 11.4. The standard InChI is InChI=1S/C15H12N2O2S/c1-10-4-6-17-11(9-16-14(17)8-10)2-3-12(18)15-13(19)5-7-20-15/h2-9,19H,1H3. The minimum Gasteiger partial charge on any atom is -0.506 e. The summed E-state index contributed by atoms with van der Waals surface area (Å²) >= 11 is 1.23. The lowest BCUT2D eigenvalue weighted by Crippen LogP contribution is -1.91. The Bertz CT molecular complexity index is 814. The fourth-order valence-electron chi connectivity index (χ4n) is 1.95. The summed E-state index contributed by atoms with van der Waals surface area (Å²) in [7, 11) is 0.